The first-order chi connectivity index (χ1) is 13.1. The molecule has 28 heavy (non-hydrogen) atoms. The first kappa shape index (κ1) is 20.6. The van der Waals surface area contributed by atoms with Crippen LogP contribution in [-0.2, 0) is 27.4 Å². The van der Waals surface area contributed by atoms with E-state index in [1.165, 1.54) is 28.6 Å². The summed E-state index contributed by atoms with van der Waals surface area (Å²) in [6.07, 6.45) is -4.48. The van der Waals surface area contributed by atoms with Gasteiger partial charge in [-0.15, -0.1) is 11.3 Å². The number of hydrogen-bond acceptors (Lipinski definition) is 6. The van der Waals surface area contributed by atoms with Crippen molar-refractivity contribution >= 4 is 32.4 Å². The lowest BCUT2D eigenvalue weighted by atomic mass is 10.1. The fourth-order valence-corrected chi connectivity index (χ4v) is 5.10. The number of benzene rings is 1. The summed E-state index contributed by atoms with van der Waals surface area (Å²) >= 11 is 0.884. The van der Waals surface area contributed by atoms with Gasteiger partial charge in [-0.05, 0) is 17.7 Å². The van der Waals surface area contributed by atoms with Gasteiger partial charge in [-0.1, -0.05) is 12.1 Å². The highest BCUT2D eigenvalue weighted by Crippen LogP contribution is 2.33. The first-order valence-electron chi connectivity index (χ1n) is 8.22. The number of halogens is 3. The zero-order valence-corrected chi connectivity index (χ0v) is 16.1. The molecule has 0 bridgehead atoms. The van der Waals surface area contributed by atoms with Crippen LogP contribution in [0.2, 0.25) is 0 Å². The number of alkyl halides is 3. The van der Waals surface area contributed by atoms with Gasteiger partial charge in [-0.3, -0.25) is 4.79 Å². The van der Waals surface area contributed by atoms with E-state index in [2.05, 4.69) is 4.98 Å². The van der Waals surface area contributed by atoms with Crippen molar-refractivity contribution in [2.75, 3.05) is 31.1 Å². The SMILES string of the molecule is NC(=O)Cc1ccc(S(=O)(=O)N2CCN(c3nc(C(F)(F)F)cs3)CC2)cc1. The zero-order valence-electron chi connectivity index (χ0n) is 14.5. The summed E-state index contributed by atoms with van der Waals surface area (Å²) in [7, 11) is -3.74. The number of primary amides is 1. The number of hydrogen-bond donors (Lipinski definition) is 1. The number of thiazole rings is 1. The summed E-state index contributed by atoms with van der Waals surface area (Å²) in [6.45, 7) is 0.742. The molecule has 12 heteroatoms. The fraction of sp³-hybridized carbons (Fsp3) is 0.375. The van der Waals surface area contributed by atoms with Crippen LogP contribution >= 0.6 is 11.3 Å². The molecule has 1 aliphatic rings. The second-order valence-electron chi connectivity index (χ2n) is 6.19. The summed E-state index contributed by atoms with van der Waals surface area (Å²) in [5.41, 5.74) is 4.78. The number of piperazine rings is 1. The van der Waals surface area contributed by atoms with Crippen LogP contribution in [0.15, 0.2) is 34.5 Å². The Balaban J connectivity index is 1.66. The summed E-state index contributed by atoms with van der Waals surface area (Å²) in [6, 6.07) is 5.89. The number of nitrogens with zero attached hydrogens (tertiary/aromatic N) is 3. The highest BCUT2D eigenvalue weighted by molar-refractivity contribution is 7.89. The molecule has 0 atom stereocenters. The minimum Gasteiger partial charge on any atom is -0.369 e. The van der Waals surface area contributed by atoms with Crippen LogP contribution in [0, 0.1) is 0 Å². The predicted octanol–water partition coefficient (Wildman–Crippen LogP) is 1.70. The van der Waals surface area contributed by atoms with Gasteiger partial charge >= 0.3 is 6.18 Å². The number of aromatic nitrogens is 1. The molecule has 0 radical (unpaired) electrons. The second kappa shape index (κ2) is 7.68. The molecular formula is C16H17F3N4O3S2. The quantitative estimate of drug-likeness (QED) is 0.773. The third kappa shape index (κ3) is 4.45. The maximum Gasteiger partial charge on any atom is 0.434 e. The molecular weight excluding hydrogens is 417 g/mol. The molecule has 3 rings (SSSR count). The molecule has 0 saturated carbocycles. The molecule has 0 spiro atoms. The van der Waals surface area contributed by atoms with Crippen LogP contribution in [0.25, 0.3) is 0 Å². The van der Waals surface area contributed by atoms with Gasteiger partial charge in [0.25, 0.3) is 0 Å². The van der Waals surface area contributed by atoms with Crippen molar-refractivity contribution in [2.45, 2.75) is 17.5 Å². The number of nitrogens with two attached hydrogens (primary N) is 1. The van der Waals surface area contributed by atoms with Crippen molar-refractivity contribution in [2.24, 2.45) is 5.73 Å². The third-order valence-electron chi connectivity index (χ3n) is 4.23. The van der Waals surface area contributed by atoms with E-state index < -0.39 is 27.8 Å². The smallest absolute Gasteiger partial charge is 0.369 e. The van der Waals surface area contributed by atoms with Gasteiger partial charge in [0.05, 0.1) is 11.3 Å². The Morgan fingerprint density at radius 3 is 2.25 bits per heavy atom. The van der Waals surface area contributed by atoms with Gasteiger partial charge in [0.1, 0.15) is 0 Å². The van der Waals surface area contributed by atoms with E-state index in [9.17, 15) is 26.4 Å². The van der Waals surface area contributed by atoms with Crippen molar-refractivity contribution in [3.8, 4) is 0 Å². The Hall–Kier alpha value is -2.18. The number of rotatable bonds is 5. The Morgan fingerprint density at radius 2 is 1.75 bits per heavy atom. The summed E-state index contributed by atoms with van der Waals surface area (Å²) in [4.78, 5) is 16.3. The minimum absolute atomic E-state index is 0.0206. The molecule has 2 heterocycles. The van der Waals surface area contributed by atoms with Gasteiger partial charge in [0.15, 0.2) is 10.8 Å². The van der Waals surface area contributed by atoms with Crippen LogP contribution in [-0.4, -0.2) is 49.8 Å². The summed E-state index contributed by atoms with van der Waals surface area (Å²) in [5.74, 6) is -0.511. The lowest BCUT2D eigenvalue weighted by Gasteiger charge is -2.33. The van der Waals surface area contributed by atoms with Crippen molar-refractivity contribution in [1.82, 2.24) is 9.29 Å². The molecule has 1 fully saturated rings. The van der Waals surface area contributed by atoms with Gasteiger partial charge in [-0.25, -0.2) is 13.4 Å². The third-order valence-corrected chi connectivity index (χ3v) is 7.05. The van der Waals surface area contributed by atoms with Crippen molar-refractivity contribution in [3.63, 3.8) is 0 Å². The zero-order chi connectivity index (χ0) is 20.5. The molecule has 1 aliphatic heterocycles. The number of amides is 1. The van der Waals surface area contributed by atoms with E-state index in [0.717, 1.165) is 16.7 Å². The molecule has 152 valence electrons. The van der Waals surface area contributed by atoms with E-state index in [1.54, 1.807) is 4.90 Å². The summed E-state index contributed by atoms with van der Waals surface area (Å²) < 4.78 is 64.8. The molecule has 1 saturated heterocycles. The molecule has 1 aromatic heterocycles. The Labute approximate surface area is 163 Å². The topological polar surface area (TPSA) is 96.6 Å². The van der Waals surface area contributed by atoms with Crippen LogP contribution in [0.5, 0.6) is 0 Å². The van der Waals surface area contributed by atoms with Crippen molar-refractivity contribution in [1.29, 1.82) is 0 Å². The molecule has 1 aromatic carbocycles. The van der Waals surface area contributed by atoms with Gasteiger partial charge in [0.2, 0.25) is 15.9 Å². The molecule has 2 N–H and O–H groups in total. The van der Waals surface area contributed by atoms with Gasteiger partial charge < -0.3 is 10.6 Å². The fourth-order valence-electron chi connectivity index (χ4n) is 2.79. The number of carbonyl (C=O) groups excluding carboxylic acids is 1. The van der Waals surface area contributed by atoms with E-state index in [4.69, 9.17) is 5.73 Å². The second-order valence-corrected chi connectivity index (χ2v) is 8.97. The number of carbonyl (C=O) groups is 1. The van der Waals surface area contributed by atoms with E-state index in [1.807, 2.05) is 0 Å². The first-order valence-corrected chi connectivity index (χ1v) is 10.5. The predicted molar refractivity (Wildman–Crippen MR) is 97.4 cm³/mol. The largest absolute Gasteiger partial charge is 0.434 e. The number of anilines is 1. The maximum atomic E-state index is 12.8. The van der Waals surface area contributed by atoms with Crippen LogP contribution in [0.1, 0.15) is 11.3 Å². The van der Waals surface area contributed by atoms with Crippen molar-refractivity contribution in [3.05, 3.63) is 40.9 Å². The number of sulfonamides is 1. The standard InChI is InChI=1S/C16H17F3N4O3S2/c17-16(18,19)13-10-27-15(21-13)22-5-7-23(8-6-22)28(25,26)12-3-1-11(2-4-12)9-14(20)24/h1-4,10H,5-9H2,(H2,20,24). The Morgan fingerprint density at radius 1 is 1.14 bits per heavy atom. The van der Waals surface area contributed by atoms with Crippen LogP contribution < -0.4 is 10.6 Å². The van der Waals surface area contributed by atoms with E-state index >= 15 is 0 Å². The van der Waals surface area contributed by atoms with Gasteiger partial charge in [-0.2, -0.15) is 17.5 Å². The molecule has 1 amide bonds. The highest BCUT2D eigenvalue weighted by Gasteiger charge is 2.35. The van der Waals surface area contributed by atoms with Crippen LogP contribution in [0.4, 0.5) is 18.3 Å². The molecule has 2 aromatic rings. The average Bonchev–Trinajstić information content (AvgIpc) is 3.12. The van der Waals surface area contributed by atoms with E-state index in [0.29, 0.717) is 5.56 Å². The normalized spacial score (nSPS) is 16.3. The monoisotopic (exact) mass is 434 g/mol. The Kier molecular flexibility index (Phi) is 5.64. The maximum absolute atomic E-state index is 12.8. The Bertz CT molecular complexity index is 950. The lowest BCUT2D eigenvalue weighted by molar-refractivity contribution is -0.140. The van der Waals surface area contributed by atoms with E-state index in [-0.39, 0.29) is 42.6 Å². The van der Waals surface area contributed by atoms with Gasteiger partial charge in [0, 0.05) is 31.6 Å². The minimum atomic E-state index is -4.50. The highest BCUT2D eigenvalue weighted by atomic mass is 32.2. The van der Waals surface area contributed by atoms with Crippen molar-refractivity contribution < 1.29 is 26.4 Å². The lowest BCUT2D eigenvalue weighted by Crippen LogP contribution is -2.48. The summed E-state index contributed by atoms with van der Waals surface area (Å²) in [5, 5.41) is 1.17. The molecule has 0 unspecified atom stereocenters. The molecule has 7 nitrogen and oxygen atoms in total. The average molecular weight is 434 g/mol. The molecule has 0 aliphatic carbocycles. The van der Waals surface area contributed by atoms with Crippen LogP contribution in [0.3, 0.4) is 0 Å².